The van der Waals surface area contributed by atoms with Gasteiger partial charge in [-0.2, -0.15) is 0 Å². The van der Waals surface area contributed by atoms with E-state index in [0.717, 1.165) is 16.7 Å². The third kappa shape index (κ3) is 7.17. The number of hydrogen-bond donors (Lipinski definition) is 0. The summed E-state index contributed by atoms with van der Waals surface area (Å²) in [5.41, 5.74) is 2.94. The first-order valence-electron chi connectivity index (χ1n) is 14.9. The fourth-order valence-corrected chi connectivity index (χ4v) is 6.13. The number of methoxy groups -OCH3 is 1. The SMILES string of the molecule is C=CCc1cc(/C=c2\sc3n(c2=O)[C@@H](c2ccc(OCC)c(OCC)c2)C(C(=O)OC)=CN=3)ccc1OCc1ccc([N+](=O)[O-])cc1. The number of nitro benzene ring substituents is 1. The van der Waals surface area contributed by atoms with E-state index in [2.05, 4.69) is 11.6 Å². The van der Waals surface area contributed by atoms with Crippen molar-refractivity contribution in [3.63, 3.8) is 0 Å². The molecule has 3 aromatic carbocycles. The zero-order valence-electron chi connectivity index (χ0n) is 26.1. The molecule has 1 aromatic heterocycles. The van der Waals surface area contributed by atoms with Gasteiger partial charge in [-0.15, -0.1) is 6.58 Å². The average Bonchev–Trinajstić information content (AvgIpc) is 3.39. The first kappa shape index (κ1) is 32.9. The molecule has 1 aliphatic heterocycles. The lowest BCUT2D eigenvalue weighted by Crippen LogP contribution is -2.39. The van der Waals surface area contributed by atoms with Crippen molar-refractivity contribution in [2.24, 2.45) is 4.99 Å². The van der Waals surface area contributed by atoms with Crippen LogP contribution >= 0.6 is 11.3 Å². The van der Waals surface area contributed by atoms with Crippen LogP contribution < -0.4 is 29.1 Å². The molecule has 0 aliphatic carbocycles. The van der Waals surface area contributed by atoms with Crippen molar-refractivity contribution in [2.75, 3.05) is 20.3 Å². The van der Waals surface area contributed by atoms with E-state index in [1.54, 1.807) is 42.5 Å². The first-order valence-corrected chi connectivity index (χ1v) is 15.7. The number of carbonyl (C=O) groups is 1. The highest BCUT2D eigenvalue weighted by atomic mass is 32.1. The largest absolute Gasteiger partial charge is 0.490 e. The molecule has 2 heterocycles. The van der Waals surface area contributed by atoms with Gasteiger partial charge in [-0.05, 0) is 85.0 Å². The Kier molecular flexibility index (Phi) is 10.3. The quantitative estimate of drug-likeness (QED) is 0.0849. The van der Waals surface area contributed by atoms with Crippen LogP contribution in [0.15, 0.2) is 94.9 Å². The fourth-order valence-electron chi connectivity index (χ4n) is 5.16. The van der Waals surface area contributed by atoms with Crippen LogP contribution in [0.25, 0.3) is 6.08 Å². The predicted octanol–water partition coefficient (Wildman–Crippen LogP) is 5.03. The number of rotatable bonds is 13. The molecule has 0 bridgehead atoms. The maximum absolute atomic E-state index is 14.0. The van der Waals surface area contributed by atoms with E-state index >= 15 is 0 Å². The number of aromatic nitrogens is 1. The summed E-state index contributed by atoms with van der Waals surface area (Å²) in [5, 5.41) is 11.0. The second-order valence-corrected chi connectivity index (χ2v) is 11.3. The fraction of sp³-hybridized carbons (Fsp3) is 0.229. The smallest absolute Gasteiger partial charge is 0.337 e. The summed E-state index contributed by atoms with van der Waals surface area (Å²) in [4.78, 5) is 42.3. The van der Waals surface area contributed by atoms with Crippen molar-refractivity contribution in [3.8, 4) is 17.2 Å². The lowest BCUT2D eigenvalue weighted by atomic mass is 9.97. The number of nitro groups is 1. The minimum absolute atomic E-state index is 0.0123. The number of carbonyl (C=O) groups excluding carboxylic acids is 1. The third-order valence-corrected chi connectivity index (χ3v) is 8.29. The van der Waals surface area contributed by atoms with Crippen molar-refractivity contribution in [2.45, 2.75) is 32.9 Å². The van der Waals surface area contributed by atoms with Crippen LogP contribution in [0.3, 0.4) is 0 Å². The van der Waals surface area contributed by atoms with Crippen molar-refractivity contribution < 1.29 is 28.7 Å². The maximum Gasteiger partial charge on any atom is 0.337 e. The van der Waals surface area contributed by atoms with Crippen LogP contribution in [-0.2, 0) is 22.6 Å². The second-order valence-electron chi connectivity index (χ2n) is 10.3. The Morgan fingerprint density at radius 3 is 2.43 bits per heavy atom. The summed E-state index contributed by atoms with van der Waals surface area (Å²) in [7, 11) is 1.29. The molecule has 0 unspecified atom stereocenters. The number of ether oxygens (including phenoxy) is 4. The summed E-state index contributed by atoms with van der Waals surface area (Å²) >= 11 is 1.21. The van der Waals surface area contributed by atoms with Crippen molar-refractivity contribution in [1.82, 2.24) is 4.57 Å². The Morgan fingerprint density at radius 2 is 1.74 bits per heavy atom. The molecular weight excluding hydrogens is 622 g/mol. The molecule has 0 fully saturated rings. The normalized spacial score (nSPS) is 14.0. The molecule has 1 atom stereocenters. The topological polar surface area (TPSA) is 131 Å². The highest BCUT2D eigenvalue weighted by molar-refractivity contribution is 7.07. The molecule has 47 heavy (non-hydrogen) atoms. The molecule has 12 heteroatoms. The van der Waals surface area contributed by atoms with Crippen LogP contribution in [0.4, 0.5) is 5.69 Å². The lowest BCUT2D eigenvalue weighted by Gasteiger charge is -2.23. The number of allylic oxidation sites excluding steroid dienone is 1. The van der Waals surface area contributed by atoms with Crippen molar-refractivity contribution in [1.29, 1.82) is 0 Å². The van der Waals surface area contributed by atoms with Crippen molar-refractivity contribution in [3.05, 3.63) is 137 Å². The summed E-state index contributed by atoms with van der Waals surface area (Å²) < 4.78 is 24.6. The summed E-state index contributed by atoms with van der Waals surface area (Å²) in [5.74, 6) is 1.09. The van der Waals surface area contributed by atoms with E-state index in [0.29, 0.717) is 51.8 Å². The highest BCUT2D eigenvalue weighted by Crippen LogP contribution is 2.35. The van der Waals surface area contributed by atoms with Crippen LogP contribution in [-0.4, -0.2) is 35.8 Å². The van der Waals surface area contributed by atoms with Gasteiger partial charge in [0.05, 0.1) is 41.4 Å². The number of fused-ring (bicyclic) bond motifs is 1. The van der Waals surface area contributed by atoms with Crippen LogP contribution in [0.2, 0.25) is 0 Å². The molecule has 0 N–H and O–H groups in total. The van der Waals surface area contributed by atoms with E-state index < -0.39 is 16.9 Å². The third-order valence-electron chi connectivity index (χ3n) is 7.30. The number of nitrogens with zero attached hydrogens (tertiary/aromatic N) is 3. The second kappa shape index (κ2) is 14.7. The molecule has 242 valence electrons. The predicted molar refractivity (Wildman–Crippen MR) is 178 cm³/mol. The summed E-state index contributed by atoms with van der Waals surface area (Å²) in [6, 6.07) is 16.3. The van der Waals surface area contributed by atoms with Crippen LogP contribution in [0.5, 0.6) is 17.2 Å². The summed E-state index contributed by atoms with van der Waals surface area (Å²) in [6.45, 7) is 8.67. The van der Waals surface area contributed by atoms with Gasteiger partial charge >= 0.3 is 5.97 Å². The average molecular weight is 656 g/mol. The van der Waals surface area contributed by atoms with E-state index in [1.165, 1.54) is 41.3 Å². The number of thiazole rings is 1. The van der Waals surface area contributed by atoms with Crippen molar-refractivity contribution >= 4 is 29.1 Å². The molecule has 5 rings (SSSR count). The number of esters is 1. The van der Waals surface area contributed by atoms with Crippen LogP contribution in [0, 0.1) is 10.1 Å². The van der Waals surface area contributed by atoms with Crippen LogP contribution in [0.1, 0.15) is 42.1 Å². The molecular formula is C35H33N3O8S. The molecule has 0 saturated heterocycles. The Morgan fingerprint density at radius 1 is 1.02 bits per heavy atom. The maximum atomic E-state index is 14.0. The molecule has 11 nitrogen and oxygen atoms in total. The molecule has 0 spiro atoms. The van der Waals surface area contributed by atoms with Gasteiger partial charge < -0.3 is 18.9 Å². The highest BCUT2D eigenvalue weighted by Gasteiger charge is 2.31. The van der Waals surface area contributed by atoms with Gasteiger partial charge in [0.1, 0.15) is 12.4 Å². The molecule has 1 aliphatic rings. The number of hydrogen-bond acceptors (Lipinski definition) is 10. The minimum Gasteiger partial charge on any atom is -0.490 e. The Hall–Kier alpha value is -5.49. The number of non-ortho nitro benzene ring substituents is 1. The minimum atomic E-state index is -0.803. The zero-order chi connectivity index (χ0) is 33.5. The molecule has 0 saturated carbocycles. The number of benzene rings is 3. The lowest BCUT2D eigenvalue weighted by molar-refractivity contribution is -0.384. The summed E-state index contributed by atoms with van der Waals surface area (Å²) in [6.07, 6.45) is 5.50. The van der Waals surface area contributed by atoms with Gasteiger partial charge in [-0.1, -0.05) is 29.5 Å². The first-order chi connectivity index (χ1) is 22.8. The van der Waals surface area contributed by atoms with E-state index in [9.17, 15) is 19.7 Å². The van der Waals surface area contributed by atoms with E-state index in [1.807, 2.05) is 32.0 Å². The molecule has 0 amide bonds. The van der Waals surface area contributed by atoms with Gasteiger partial charge in [0.15, 0.2) is 16.3 Å². The van der Waals surface area contributed by atoms with Gasteiger partial charge in [0.2, 0.25) is 0 Å². The van der Waals surface area contributed by atoms with E-state index in [4.69, 9.17) is 18.9 Å². The molecule has 4 aromatic rings. The van der Waals surface area contributed by atoms with Gasteiger partial charge in [-0.25, -0.2) is 9.79 Å². The standard InChI is InChI=1S/C35H33N3O8S/c1-5-8-24-17-23(11-15-28(24)46-21-22-9-13-26(14-10-22)38(41)42)18-31-33(39)37-32(27(34(40)43-4)20-36-35(37)47-31)25-12-16-29(44-6-2)30(19-25)45-7-3/h5,9-20,32H,1,6-8,21H2,2-4H3/b31-18-/t32-/m0/s1. The Bertz CT molecular complexity index is 2030. The van der Waals surface area contributed by atoms with Gasteiger partial charge in [0.25, 0.3) is 11.2 Å². The van der Waals surface area contributed by atoms with E-state index in [-0.39, 0.29) is 23.4 Å². The molecule has 0 radical (unpaired) electrons. The monoisotopic (exact) mass is 655 g/mol. The Labute approximate surface area is 274 Å². The van der Waals surface area contributed by atoms with Gasteiger partial charge in [0, 0.05) is 18.3 Å². The van der Waals surface area contributed by atoms with Gasteiger partial charge in [-0.3, -0.25) is 19.5 Å². The Balaban J connectivity index is 1.51. The zero-order valence-corrected chi connectivity index (χ0v) is 27.0.